The highest BCUT2D eigenvalue weighted by atomic mass is 19.2. The van der Waals surface area contributed by atoms with Crippen LogP contribution < -0.4 is 5.32 Å². The Kier molecular flexibility index (Phi) is 5.54. The van der Waals surface area contributed by atoms with Gasteiger partial charge in [0.15, 0.2) is 17.5 Å². The molecule has 0 bridgehead atoms. The summed E-state index contributed by atoms with van der Waals surface area (Å²) in [4.78, 5) is 1.33. The number of nitrogens with zero attached hydrogens (tertiary/aromatic N) is 1. The number of rotatable bonds is 6. The topological polar surface area (TPSA) is 105 Å². The van der Waals surface area contributed by atoms with Crippen LogP contribution in [0.5, 0.6) is 0 Å². The van der Waals surface area contributed by atoms with Crippen molar-refractivity contribution in [3.63, 3.8) is 0 Å². The maximum absolute atomic E-state index is 13.7. The lowest BCUT2D eigenvalue weighted by molar-refractivity contribution is -0.0823. The smallest absolute Gasteiger partial charge is 0.250 e. The molecule has 4 atom stereocenters. The van der Waals surface area contributed by atoms with Crippen molar-refractivity contribution < 1.29 is 38.3 Å². The van der Waals surface area contributed by atoms with E-state index in [-0.39, 0.29) is 11.4 Å². The molecule has 0 saturated carbocycles. The molecule has 5 N–H and O–H groups in total. The number of halogens is 3. The van der Waals surface area contributed by atoms with Gasteiger partial charge in [0.2, 0.25) is 6.35 Å². The lowest BCUT2D eigenvalue weighted by Gasteiger charge is -2.25. The average Bonchev–Trinajstić information content (AvgIpc) is 2.94. The minimum absolute atomic E-state index is 0.169. The highest BCUT2D eigenvalue weighted by Crippen LogP contribution is 2.26. The van der Waals surface area contributed by atoms with Crippen molar-refractivity contribution in [1.29, 1.82) is 0 Å². The summed E-state index contributed by atoms with van der Waals surface area (Å²) in [7, 11) is 1.48. The van der Waals surface area contributed by atoms with Crippen molar-refractivity contribution in [3.05, 3.63) is 41.5 Å². The zero-order valence-electron chi connectivity index (χ0n) is 12.5. The van der Waals surface area contributed by atoms with E-state index < -0.39 is 48.7 Å². The summed E-state index contributed by atoms with van der Waals surface area (Å²) in [5.41, 5.74) is -0.370. The standard InChI is InChI=1S/C14H17F3N2O5/c1-19-4-9(13(23)12(22)8(21)5-20)24-14(19)18-7-3-2-6(15)10(16)11(7)17/h2-4,8,12-14,18,20-23H,5H2,1H3. The molecule has 0 radical (unpaired) electrons. The van der Waals surface area contributed by atoms with E-state index in [1.165, 1.54) is 18.1 Å². The average molecular weight is 350 g/mol. The van der Waals surface area contributed by atoms with Gasteiger partial charge in [0.25, 0.3) is 0 Å². The number of anilines is 1. The van der Waals surface area contributed by atoms with Crippen LogP contribution in [-0.2, 0) is 4.74 Å². The van der Waals surface area contributed by atoms with Crippen LogP contribution in [0.3, 0.4) is 0 Å². The summed E-state index contributed by atoms with van der Waals surface area (Å²) >= 11 is 0. The summed E-state index contributed by atoms with van der Waals surface area (Å²) in [6.45, 7) is -0.775. The quantitative estimate of drug-likeness (QED) is 0.448. The van der Waals surface area contributed by atoms with Crippen LogP contribution in [-0.4, -0.2) is 63.6 Å². The second-order valence-corrected chi connectivity index (χ2v) is 5.22. The molecule has 10 heteroatoms. The van der Waals surface area contributed by atoms with Gasteiger partial charge < -0.3 is 35.4 Å². The largest absolute Gasteiger partial charge is 0.452 e. The van der Waals surface area contributed by atoms with Gasteiger partial charge in [-0.3, -0.25) is 0 Å². The number of nitrogens with one attached hydrogen (secondary N) is 1. The normalized spacial score (nSPS) is 21.1. The minimum atomic E-state index is -1.71. The number of aliphatic hydroxyl groups excluding tert-OH is 4. The monoisotopic (exact) mass is 350 g/mol. The third kappa shape index (κ3) is 3.56. The van der Waals surface area contributed by atoms with E-state index in [0.717, 1.165) is 12.1 Å². The minimum Gasteiger partial charge on any atom is -0.452 e. The Hall–Kier alpha value is -2.01. The molecule has 1 aromatic carbocycles. The van der Waals surface area contributed by atoms with E-state index in [1.807, 2.05) is 0 Å². The SMILES string of the molecule is CN1C=C(C(O)C(O)C(O)CO)OC1Nc1ccc(F)c(F)c1F. The van der Waals surface area contributed by atoms with Crippen molar-refractivity contribution in [1.82, 2.24) is 4.90 Å². The van der Waals surface area contributed by atoms with Crippen molar-refractivity contribution in [3.8, 4) is 0 Å². The molecule has 0 aromatic heterocycles. The molecule has 24 heavy (non-hydrogen) atoms. The summed E-state index contributed by atoms with van der Waals surface area (Å²) in [5, 5.41) is 40.1. The first-order valence-corrected chi connectivity index (χ1v) is 6.91. The van der Waals surface area contributed by atoms with Crippen molar-refractivity contribution in [2.75, 3.05) is 19.0 Å². The first-order chi connectivity index (χ1) is 11.3. The predicted octanol–water partition coefficient (Wildman–Crippen LogP) is -0.322. The summed E-state index contributed by atoms with van der Waals surface area (Å²) in [5.74, 6) is -4.58. The predicted molar refractivity (Wildman–Crippen MR) is 75.8 cm³/mol. The van der Waals surface area contributed by atoms with Crippen LogP contribution in [0.4, 0.5) is 18.9 Å². The molecule has 7 nitrogen and oxygen atoms in total. The van der Waals surface area contributed by atoms with Gasteiger partial charge in [0, 0.05) is 13.2 Å². The molecule has 0 fully saturated rings. The van der Waals surface area contributed by atoms with Crippen molar-refractivity contribution in [2.45, 2.75) is 24.7 Å². The van der Waals surface area contributed by atoms with Gasteiger partial charge in [-0.2, -0.15) is 0 Å². The van der Waals surface area contributed by atoms with Gasteiger partial charge >= 0.3 is 0 Å². The lowest BCUT2D eigenvalue weighted by Crippen LogP contribution is -2.41. The highest BCUT2D eigenvalue weighted by Gasteiger charge is 2.34. The van der Waals surface area contributed by atoms with Gasteiger partial charge in [0.1, 0.15) is 24.1 Å². The molecule has 1 aromatic rings. The van der Waals surface area contributed by atoms with Gasteiger partial charge in [-0.25, -0.2) is 13.2 Å². The van der Waals surface area contributed by atoms with E-state index in [0.29, 0.717) is 0 Å². The fourth-order valence-electron chi connectivity index (χ4n) is 2.05. The maximum atomic E-state index is 13.7. The number of benzene rings is 1. The first-order valence-electron chi connectivity index (χ1n) is 6.91. The Labute approximate surface area is 135 Å². The molecule has 0 saturated heterocycles. The van der Waals surface area contributed by atoms with Crippen LogP contribution >= 0.6 is 0 Å². The van der Waals surface area contributed by atoms with Crippen molar-refractivity contribution in [2.24, 2.45) is 0 Å². The molecule has 1 heterocycles. The van der Waals surface area contributed by atoms with Crippen LogP contribution in [0.15, 0.2) is 24.1 Å². The molecule has 0 amide bonds. The Morgan fingerprint density at radius 3 is 2.50 bits per heavy atom. The second-order valence-electron chi connectivity index (χ2n) is 5.22. The number of aliphatic hydroxyl groups is 4. The van der Waals surface area contributed by atoms with E-state index >= 15 is 0 Å². The molecular weight excluding hydrogens is 333 g/mol. The number of hydrogen-bond donors (Lipinski definition) is 5. The van der Waals surface area contributed by atoms with E-state index in [9.17, 15) is 28.5 Å². The van der Waals surface area contributed by atoms with Crippen LogP contribution in [0.25, 0.3) is 0 Å². The summed E-state index contributed by atoms with van der Waals surface area (Å²) in [6, 6.07) is 1.71. The fourth-order valence-corrected chi connectivity index (χ4v) is 2.05. The van der Waals surface area contributed by atoms with Crippen molar-refractivity contribution >= 4 is 5.69 Å². The maximum Gasteiger partial charge on any atom is 0.250 e. The molecule has 0 spiro atoms. The van der Waals surface area contributed by atoms with E-state index in [2.05, 4.69) is 5.32 Å². The molecule has 4 unspecified atom stereocenters. The van der Waals surface area contributed by atoms with Crippen LogP contribution in [0.2, 0.25) is 0 Å². The molecule has 0 aliphatic carbocycles. The Balaban J connectivity index is 2.08. The zero-order valence-corrected chi connectivity index (χ0v) is 12.5. The van der Waals surface area contributed by atoms with E-state index in [4.69, 9.17) is 9.84 Å². The molecule has 134 valence electrons. The third-order valence-corrected chi connectivity index (χ3v) is 3.46. The van der Waals surface area contributed by atoms with Crippen LogP contribution in [0.1, 0.15) is 0 Å². The fraction of sp³-hybridized carbons (Fsp3) is 0.429. The van der Waals surface area contributed by atoms with Gasteiger partial charge in [-0.1, -0.05) is 0 Å². The number of hydrogen-bond acceptors (Lipinski definition) is 7. The molecule has 1 aliphatic heterocycles. The van der Waals surface area contributed by atoms with E-state index in [1.54, 1.807) is 0 Å². The van der Waals surface area contributed by atoms with Gasteiger partial charge in [-0.05, 0) is 12.1 Å². The third-order valence-electron chi connectivity index (χ3n) is 3.46. The molecule has 2 rings (SSSR count). The van der Waals surface area contributed by atoms with Crippen LogP contribution in [0, 0.1) is 17.5 Å². The summed E-state index contributed by atoms with van der Waals surface area (Å²) in [6.07, 6.45) is -4.78. The highest BCUT2D eigenvalue weighted by molar-refractivity contribution is 5.46. The Morgan fingerprint density at radius 1 is 1.21 bits per heavy atom. The van der Waals surface area contributed by atoms with Gasteiger partial charge in [-0.15, -0.1) is 0 Å². The molecule has 1 aliphatic rings. The zero-order chi connectivity index (χ0) is 18.0. The Bertz CT molecular complexity index is 631. The first kappa shape index (κ1) is 18.3. The summed E-state index contributed by atoms with van der Waals surface area (Å²) < 4.78 is 45.1. The number of ether oxygens (including phenoxy) is 1. The second kappa shape index (κ2) is 7.26. The Morgan fingerprint density at radius 2 is 1.88 bits per heavy atom. The lowest BCUT2D eigenvalue weighted by atomic mass is 10.1. The molecular formula is C14H17F3N2O5. The van der Waals surface area contributed by atoms with Gasteiger partial charge in [0.05, 0.1) is 12.3 Å².